The third-order valence-corrected chi connectivity index (χ3v) is 4.31. The van der Waals surface area contributed by atoms with E-state index in [1.165, 1.54) is 5.56 Å². The molecule has 0 saturated heterocycles. The quantitative estimate of drug-likeness (QED) is 0.193. The van der Waals surface area contributed by atoms with Crippen molar-refractivity contribution in [1.29, 1.82) is 0 Å². The zero-order valence-electron chi connectivity index (χ0n) is 18.9. The van der Waals surface area contributed by atoms with Crippen molar-refractivity contribution in [2.45, 2.75) is 60.0 Å². The van der Waals surface area contributed by atoms with E-state index in [4.69, 9.17) is 0 Å². The van der Waals surface area contributed by atoms with Crippen molar-refractivity contribution >= 4 is 35.8 Å². The van der Waals surface area contributed by atoms with Gasteiger partial charge in [-0.15, -0.1) is 24.0 Å². The molecule has 0 aliphatic rings. The van der Waals surface area contributed by atoms with Crippen LogP contribution in [0, 0.1) is 5.41 Å². The Balaban J connectivity index is 0.00000784. The molecule has 6 nitrogen and oxygen atoms in total. The lowest BCUT2D eigenvalue weighted by Gasteiger charge is -2.20. The molecule has 0 saturated carbocycles. The Labute approximate surface area is 193 Å². The second-order valence-corrected chi connectivity index (χ2v) is 9.04. The van der Waals surface area contributed by atoms with Crippen molar-refractivity contribution < 1.29 is 9.90 Å². The Morgan fingerprint density at radius 3 is 2.03 bits per heavy atom. The van der Waals surface area contributed by atoms with Gasteiger partial charge in [-0.25, -0.2) is 0 Å². The van der Waals surface area contributed by atoms with Crippen molar-refractivity contribution in [1.82, 2.24) is 16.0 Å². The van der Waals surface area contributed by atoms with E-state index in [-0.39, 0.29) is 41.8 Å². The summed E-state index contributed by atoms with van der Waals surface area (Å²) in [4.78, 5) is 16.3. The third kappa shape index (κ3) is 10.3. The van der Waals surface area contributed by atoms with Crippen molar-refractivity contribution in [3.63, 3.8) is 0 Å². The largest absolute Gasteiger partial charge is 0.386 e. The van der Waals surface area contributed by atoms with Crippen LogP contribution in [0.2, 0.25) is 0 Å². The second-order valence-electron chi connectivity index (χ2n) is 9.04. The van der Waals surface area contributed by atoms with Gasteiger partial charge < -0.3 is 21.1 Å². The Hall–Kier alpha value is -1.35. The molecular weight excluding hydrogens is 479 g/mol. The molecule has 166 valence electrons. The summed E-state index contributed by atoms with van der Waals surface area (Å²) in [7, 11) is 0. The second kappa shape index (κ2) is 12.4. The van der Waals surface area contributed by atoms with E-state index in [9.17, 15) is 9.90 Å². The monoisotopic (exact) mass is 518 g/mol. The van der Waals surface area contributed by atoms with E-state index in [0.717, 1.165) is 12.1 Å². The average Bonchev–Trinajstić information content (AvgIpc) is 2.61. The van der Waals surface area contributed by atoms with Gasteiger partial charge in [-0.3, -0.25) is 9.79 Å². The van der Waals surface area contributed by atoms with Crippen LogP contribution < -0.4 is 16.0 Å². The van der Waals surface area contributed by atoms with Crippen LogP contribution in [0.3, 0.4) is 0 Å². The highest BCUT2D eigenvalue weighted by Gasteiger charge is 2.20. The predicted octanol–water partition coefficient (Wildman–Crippen LogP) is 3.35. The number of nitrogens with zero attached hydrogens (tertiary/aromatic N) is 1. The number of aliphatic hydroxyl groups excluding tert-OH is 1. The molecule has 1 rings (SSSR count). The number of amides is 1. The molecule has 1 aromatic rings. The maximum atomic E-state index is 11.9. The predicted molar refractivity (Wildman–Crippen MR) is 132 cm³/mol. The van der Waals surface area contributed by atoms with Gasteiger partial charge >= 0.3 is 0 Å². The maximum absolute atomic E-state index is 11.9. The van der Waals surface area contributed by atoms with Gasteiger partial charge in [-0.05, 0) is 23.5 Å². The SMILES string of the molecule is CCNC(=NCC(O)c1ccc(C(C)(C)C)cc1)NCCNC(=O)C(C)(C)C.I. The molecule has 1 atom stereocenters. The standard InChI is InChI=1S/C22H38N4O2.HI/c1-8-23-20(25-14-13-24-19(28)22(5,6)7)26-15-18(27)16-9-11-17(12-10-16)21(2,3)4;/h9-12,18,27H,8,13-15H2,1-7H3,(H,24,28)(H2,23,25,26);1H. The van der Waals surface area contributed by atoms with Gasteiger partial charge in [0, 0.05) is 25.0 Å². The molecule has 29 heavy (non-hydrogen) atoms. The number of benzene rings is 1. The van der Waals surface area contributed by atoms with Crippen molar-refractivity contribution in [2.75, 3.05) is 26.2 Å². The molecule has 0 bridgehead atoms. The van der Waals surface area contributed by atoms with Crippen LogP contribution in [0.4, 0.5) is 0 Å². The van der Waals surface area contributed by atoms with Crippen LogP contribution in [0.1, 0.15) is 65.7 Å². The summed E-state index contributed by atoms with van der Waals surface area (Å²) >= 11 is 0. The fourth-order valence-electron chi connectivity index (χ4n) is 2.45. The lowest BCUT2D eigenvalue weighted by atomic mass is 9.86. The summed E-state index contributed by atoms with van der Waals surface area (Å²) in [5.41, 5.74) is 1.78. The summed E-state index contributed by atoms with van der Waals surface area (Å²) < 4.78 is 0. The van der Waals surface area contributed by atoms with E-state index < -0.39 is 11.5 Å². The number of aliphatic imine (C=N–C) groups is 1. The van der Waals surface area contributed by atoms with E-state index in [1.54, 1.807) is 0 Å². The third-order valence-electron chi connectivity index (χ3n) is 4.31. The number of halogens is 1. The fraction of sp³-hybridized carbons (Fsp3) is 0.636. The molecule has 0 spiro atoms. The van der Waals surface area contributed by atoms with Gasteiger partial charge in [0.25, 0.3) is 0 Å². The number of guanidine groups is 1. The summed E-state index contributed by atoms with van der Waals surface area (Å²) in [6, 6.07) is 8.04. The van der Waals surface area contributed by atoms with Crippen LogP contribution in [-0.2, 0) is 10.2 Å². The van der Waals surface area contributed by atoms with Crippen LogP contribution in [0.15, 0.2) is 29.3 Å². The normalized spacial score (nSPS) is 13.3. The lowest BCUT2D eigenvalue weighted by Crippen LogP contribution is -2.43. The van der Waals surface area contributed by atoms with Gasteiger partial charge in [0.1, 0.15) is 0 Å². The summed E-state index contributed by atoms with van der Waals surface area (Å²) in [6.07, 6.45) is -0.662. The maximum Gasteiger partial charge on any atom is 0.225 e. The van der Waals surface area contributed by atoms with Crippen molar-refractivity contribution in [2.24, 2.45) is 10.4 Å². The van der Waals surface area contributed by atoms with E-state index in [0.29, 0.717) is 19.0 Å². The summed E-state index contributed by atoms with van der Waals surface area (Å²) in [5, 5.41) is 19.7. The van der Waals surface area contributed by atoms with E-state index in [2.05, 4.69) is 53.8 Å². The highest BCUT2D eigenvalue weighted by Crippen LogP contribution is 2.24. The Bertz CT molecular complexity index is 646. The number of nitrogens with one attached hydrogen (secondary N) is 3. The number of rotatable bonds is 7. The smallest absolute Gasteiger partial charge is 0.225 e. The molecule has 0 aliphatic heterocycles. The van der Waals surface area contributed by atoms with E-state index >= 15 is 0 Å². The zero-order chi connectivity index (χ0) is 21.4. The Kier molecular flexibility index (Phi) is 11.8. The molecule has 0 heterocycles. The highest BCUT2D eigenvalue weighted by atomic mass is 127. The summed E-state index contributed by atoms with van der Waals surface area (Å²) in [6.45, 7) is 16.2. The van der Waals surface area contributed by atoms with Crippen molar-refractivity contribution in [3.8, 4) is 0 Å². The van der Waals surface area contributed by atoms with Crippen molar-refractivity contribution in [3.05, 3.63) is 35.4 Å². The first-order valence-corrected chi connectivity index (χ1v) is 10.0. The molecule has 1 amide bonds. The zero-order valence-corrected chi connectivity index (χ0v) is 21.3. The molecule has 0 radical (unpaired) electrons. The molecule has 7 heteroatoms. The minimum absolute atomic E-state index is 0. The van der Waals surface area contributed by atoms with Gasteiger partial charge in [0.2, 0.25) is 5.91 Å². The molecule has 0 fully saturated rings. The first-order chi connectivity index (χ1) is 12.9. The molecule has 4 N–H and O–H groups in total. The van der Waals surface area contributed by atoms with Crippen LogP contribution in [0.5, 0.6) is 0 Å². The van der Waals surface area contributed by atoms with Gasteiger partial charge in [0.05, 0.1) is 12.6 Å². The number of carbonyl (C=O) groups excluding carboxylic acids is 1. The molecule has 0 aliphatic carbocycles. The van der Waals surface area contributed by atoms with E-state index in [1.807, 2.05) is 39.8 Å². The lowest BCUT2D eigenvalue weighted by molar-refractivity contribution is -0.128. The molecule has 1 aromatic carbocycles. The number of hydrogen-bond donors (Lipinski definition) is 4. The van der Waals surface area contributed by atoms with Crippen LogP contribution in [-0.4, -0.2) is 43.2 Å². The topological polar surface area (TPSA) is 85.8 Å². The molecule has 0 aromatic heterocycles. The van der Waals surface area contributed by atoms with Crippen LogP contribution in [0.25, 0.3) is 0 Å². The first kappa shape index (κ1) is 27.6. The Morgan fingerprint density at radius 1 is 1.00 bits per heavy atom. The van der Waals surface area contributed by atoms with Crippen LogP contribution >= 0.6 is 24.0 Å². The molecule has 1 unspecified atom stereocenters. The average molecular weight is 518 g/mol. The Morgan fingerprint density at radius 2 is 1.55 bits per heavy atom. The van der Waals surface area contributed by atoms with Gasteiger partial charge in [0.15, 0.2) is 5.96 Å². The van der Waals surface area contributed by atoms with Gasteiger partial charge in [-0.1, -0.05) is 65.8 Å². The number of carbonyl (C=O) groups is 1. The minimum atomic E-state index is -0.662. The fourth-order valence-corrected chi connectivity index (χ4v) is 2.45. The number of hydrogen-bond acceptors (Lipinski definition) is 3. The molecular formula is C22H39IN4O2. The van der Waals surface area contributed by atoms with Gasteiger partial charge in [-0.2, -0.15) is 0 Å². The minimum Gasteiger partial charge on any atom is -0.386 e. The highest BCUT2D eigenvalue weighted by molar-refractivity contribution is 14.0. The summed E-state index contributed by atoms with van der Waals surface area (Å²) in [5.74, 6) is 0.642. The first-order valence-electron chi connectivity index (χ1n) is 10.0. The number of aliphatic hydroxyl groups is 1.